The minimum Gasteiger partial charge on any atom is -0.508 e. The number of hydrogen-bond donors (Lipinski definition) is 4. The molecule has 1 heterocycles. The van der Waals surface area contributed by atoms with Gasteiger partial charge in [0.2, 0.25) is 0 Å². The number of aliphatic hydroxyl groups is 2. The molecule has 0 bridgehead atoms. The third-order valence-corrected chi connectivity index (χ3v) is 9.81. The minimum atomic E-state index is -0.546. The normalized spacial score (nSPS) is 16.1. The van der Waals surface area contributed by atoms with Crippen LogP contribution in [0.2, 0.25) is 0 Å². The molecule has 1 aliphatic heterocycles. The fraction of sp³-hybridized carbons (Fsp3) is 0.390. The lowest BCUT2D eigenvalue weighted by Crippen LogP contribution is -2.23. The molecule has 4 aromatic rings. The van der Waals surface area contributed by atoms with E-state index in [1.807, 2.05) is 48.5 Å². The Hall–Kier alpha value is -2.54. The molecule has 53 heavy (non-hydrogen) atoms. The van der Waals surface area contributed by atoms with Gasteiger partial charge in [0.25, 0.3) is 0 Å². The number of aliphatic hydroxyl groups excluding tert-OH is 2. The second-order valence-electron chi connectivity index (χ2n) is 12.8. The number of carbonyl (C=O) groups is 1. The molecular formula is C41H49I3O9. The number of rotatable bonds is 10. The predicted octanol–water partition coefficient (Wildman–Crippen LogP) is 9.79. The quantitative estimate of drug-likeness (QED) is 0.0905. The molecule has 0 atom stereocenters. The Morgan fingerprint density at radius 2 is 0.811 bits per heavy atom. The van der Waals surface area contributed by atoms with Crippen molar-refractivity contribution in [3.8, 4) is 23.0 Å². The van der Waals surface area contributed by atoms with Crippen molar-refractivity contribution < 1.29 is 44.2 Å². The molecule has 0 amide bonds. The lowest BCUT2D eigenvalue weighted by atomic mass is 9.73. The molecule has 288 valence electrons. The van der Waals surface area contributed by atoms with Crippen LogP contribution in [0.1, 0.15) is 73.6 Å². The number of phenols is 2. The maximum atomic E-state index is 9.80. The summed E-state index contributed by atoms with van der Waals surface area (Å²) in [6, 6.07) is 31.7. The van der Waals surface area contributed by atoms with E-state index in [0.717, 1.165) is 37.2 Å². The van der Waals surface area contributed by atoms with E-state index in [1.54, 1.807) is 24.3 Å². The van der Waals surface area contributed by atoms with Crippen molar-refractivity contribution in [3.05, 3.63) is 119 Å². The van der Waals surface area contributed by atoms with Crippen LogP contribution in [0.3, 0.4) is 0 Å². The highest BCUT2D eigenvalue weighted by Crippen LogP contribution is 2.48. The lowest BCUT2D eigenvalue weighted by Gasteiger charge is -2.31. The standard InChI is InChI=1S/C21H26O4.C17H18O2.C3H4O3.I2.HI/c22-13-15-24-19-7-3-17(4-8-19)21(11-1-2-12-21)18-5-9-20(10-6-18)25-16-14-23;18-15-7-3-13(4-8-15)17(11-1-2-12-17)14-5-9-16(19)10-6-14;4-3-5-1-2-6-3;1-2;/h3-10,22-23H,1-2,11-16H2;3-10,18-19H,1-2,11-12H2;1-2H2;;1H. The van der Waals surface area contributed by atoms with Gasteiger partial charge in [0, 0.05) is 48.1 Å². The molecule has 4 aromatic carbocycles. The van der Waals surface area contributed by atoms with E-state index in [4.69, 9.17) is 19.7 Å². The van der Waals surface area contributed by atoms with Crippen LogP contribution in [0, 0.1) is 0 Å². The Morgan fingerprint density at radius 1 is 0.528 bits per heavy atom. The Labute approximate surface area is 352 Å². The fourth-order valence-electron chi connectivity index (χ4n) is 7.37. The van der Waals surface area contributed by atoms with Gasteiger partial charge < -0.3 is 39.4 Å². The summed E-state index contributed by atoms with van der Waals surface area (Å²) in [5.41, 5.74) is 5.23. The number of ether oxygens (including phenoxy) is 4. The summed E-state index contributed by atoms with van der Waals surface area (Å²) in [6.07, 6.45) is 8.89. The van der Waals surface area contributed by atoms with Crippen LogP contribution in [-0.4, -0.2) is 66.2 Å². The van der Waals surface area contributed by atoms with Gasteiger partial charge in [-0.05, 0) is 96.5 Å². The highest BCUT2D eigenvalue weighted by atomic mass is 128. The number of benzene rings is 4. The van der Waals surface area contributed by atoms with E-state index >= 15 is 0 Å². The average molecular weight is 1070 g/mol. The second-order valence-corrected chi connectivity index (χ2v) is 12.8. The molecule has 3 fully saturated rings. The van der Waals surface area contributed by atoms with E-state index in [-0.39, 0.29) is 48.0 Å². The first-order valence-electron chi connectivity index (χ1n) is 17.6. The molecule has 2 saturated carbocycles. The molecule has 12 heteroatoms. The summed E-state index contributed by atoms with van der Waals surface area (Å²) >= 11 is 4.24. The van der Waals surface area contributed by atoms with Gasteiger partial charge in [-0.15, -0.1) is 24.0 Å². The average Bonchev–Trinajstić information content (AvgIpc) is 4.00. The zero-order chi connectivity index (χ0) is 37.2. The van der Waals surface area contributed by atoms with E-state index in [0.29, 0.717) is 37.9 Å². The SMILES string of the molecule is I.II.O=C1OCCO1.OCCOc1ccc(C2(c3ccc(OCCO)cc3)CCCC2)cc1.Oc1ccc(C2(c3ccc(O)cc3)CCCC2)cc1. The molecule has 4 N–H and O–H groups in total. The molecule has 0 spiro atoms. The van der Waals surface area contributed by atoms with Gasteiger partial charge in [0.05, 0.1) is 13.2 Å². The predicted molar refractivity (Wildman–Crippen MR) is 234 cm³/mol. The van der Waals surface area contributed by atoms with Gasteiger partial charge in [-0.1, -0.05) is 74.2 Å². The molecule has 3 aliphatic rings. The highest BCUT2D eigenvalue weighted by Gasteiger charge is 2.38. The number of cyclic esters (lactones) is 2. The van der Waals surface area contributed by atoms with Crippen molar-refractivity contribution in [2.45, 2.75) is 62.2 Å². The summed E-state index contributed by atoms with van der Waals surface area (Å²) in [7, 11) is 0. The maximum Gasteiger partial charge on any atom is 0.508 e. The number of carbonyl (C=O) groups excluding carboxylic acids is 1. The fourth-order valence-corrected chi connectivity index (χ4v) is 7.37. The van der Waals surface area contributed by atoms with Crippen molar-refractivity contribution in [2.75, 3.05) is 39.6 Å². The van der Waals surface area contributed by atoms with Crippen molar-refractivity contribution in [1.82, 2.24) is 0 Å². The maximum absolute atomic E-state index is 9.80. The Morgan fingerprint density at radius 3 is 1.06 bits per heavy atom. The van der Waals surface area contributed by atoms with E-state index in [2.05, 4.69) is 71.0 Å². The Balaban J connectivity index is 0.000000238. The first kappa shape index (κ1) is 44.9. The molecule has 0 unspecified atom stereocenters. The summed E-state index contributed by atoms with van der Waals surface area (Å²) < 4.78 is 19.5. The third-order valence-electron chi connectivity index (χ3n) is 9.81. The van der Waals surface area contributed by atoms with Crippen molar-refractivity contribution >= 4 is 67.4 Å². The van der Waals surface area contributed by atoms with Crippen LogP contribution >= 0.6 is 61.2 Å². The van der Waals surface area contributed by atoms with E-state index < -0.39 is 6.16 Å². The Bertz CT molecular complexity index is 1500. The van der Waals surface area contributed by atoms with Gasteiger partial charge in [-0.2, -0.15) is 0 Å². The van der Waals surface area contributed by atoms with Crippen LogP contribution in [0.4, 0.5) is 4.79 Å². The van der Waals surface area contributed by atoms with Gasteiger partial charge in [-0.3, -0.25) is 0 Å². The van der Waals surface area contributed by atoms with Crippen molar-refractivity contribution in [1.29, 1.82) is 0 Å². The largest absolute Gasteiger partial charge is 0.508 e. The number of hydrogen-bond acceptors (Lipinski definition) is 9. The zero-order valence-electron chi connectivity index (χ0n) is 29.6. The summed E-state index contributed by atoms with van der Waals surface area (Å²) in [6.45, 7) is 1.52. The number of aromatic hydroxyl groups is 2. The summed E-state index contributed by atoms with van der Waals surface area (Å²) in [5, 5.41) is 36.7. The van der Waals surface area contributed by atoms with E-state index in [1.165, 1.54) is 47.9 Å². The molecule has 7 rings (SSSR count). The summed E-state index contributed by atoms with van der Waals surface area (Å²) in [4.78, 5) is 9.80. The van der Waals surface area contributed by atoms with Gasteiger partial charge in [0.15, 0.2) is 0 Å². The number of halogens is 3. The van der Waals surface area contributed by atoms with Crippen LogP contribution in [-0.2, 0) is 20.3 Å². The second kappa shape index (κ2) is 23.4. The van der Waals surface area contributed by atoms with Crippen LogP contribution in [0.15, 0.2) is 97.1 Å². The van der Waals surface area contributed by atoms with Crippen molar-refractivity contribution in [2.24, 2.45) is 0 Å². The Kier molecular flexibility index (Phi) is 19.8. The molecule has 0 radical (unpaired) electrons. The van der Waals surface area contributed by atoms with Crippen molar-refractivity contribution in [3.63, 3.8) is 0 Å². The van der Waals surface area contributed by atoms with Gasteiger partial charge in [-0.25, -0.2) is 4.79 Å². The number of phenolic OH excluding ortho intramolecular Hbond substituents is 2. The smallest absolute Gasteiger partial charge is 0.508 e. The van der Waals surface area contributed by atoms with Gasteiger partial charge in [0.1, 0.15) is 49.4 Å². The monoisotopic (exact) mass is 1070 g/mol. The zero-order valence-corrected chi connectivity index (χ0v) is 36.3. The third kappa shape index (κ3) is 12.5. The topological polar surface area (TPSA) is 135 Å². The molecular weight excluding hydrogens is 1020 g/mol. The lowest BCUT2D eigenvalue weighted by molar-refractivity contribution is 0.131. The molecule has 9 nitrogen and oxygen atoms in total. The van der Waals surface area contributed by atoms with Crippen LogP contribution in [0.5, 0.6) is 23.0 Å². The van der Waals surface area contributed by atoms with E-state index in [9.17, 15) is 15.0 Å². The first-order valence-corrected chi connectivity index (χ1v) is 23.9. The molecule has 1 saturated heterocycles. The summed E-state index contributed by atoms with van der Waals surface area (Å²) in [5.74, 6) is 2.20. The molecule has 2 aliphatic carbocycles. The van der Waals surface area contributed by atoms with Crippen LogP contribution in [0.25, 0.3) is 0 Å². The first-order chi connectivity index (χ1) is 25.4. The molecule has 0 aromatic heterocycles. The van der Waals surface area contributed by atoms with Gasteiger partial charge >= 0.3 is 6.16 Å². The minimum absolute atomic E-state index is 0. The highest BCUT2D eigenvalue weighted by molar-refractivity contribution is 15.0. The van der Waals surface area contributed by atoms with Crippen LogP contribution < -0.4 is 9.47 Å².